The molecule has 7 nitrogen and oxygen atoms in total. The number of rotatable bonds is 7. The number of allylic oxidation sites excluding steroid dienone is 2. The van der Waals surface area contributed by atoms with E-state index in [1.807, 2.05) is 0 Å². The van der Waals surface area contributed by atoms with Crippen molar-refractivity contribution in [1.29, 1.82) is 5.26 Å². The number of furan rings is 1. The molecule has 0 aliphatic carbocycles. The molecule has 2 heterocycles. The van der Waals surface area contributed by atoms with E-state index in [-0.39, 0.29) is 27.6 Å². The molecule has 0 radical (unpaired) electrons. The molecule has 1 atom stereocenters. The second-order valence-corrected chi connectivity index (χ2v) is 10.3. The SMILES string of the molecule is CC1=C(C(=O)Nc2ccc(Cl)cc2Cl)C(c2ccco2)C(C#N)=C(SCC(=O)Nc2cccc(C(F)(F)F)c2)N1. The minimum atomic E-state index is -4.55. The van der Waals surface area contributed by atoms with E-state index in [1.54, 1.807) is 31.2 Å². The molecule has 0 bridgehead atoms. The number of dihydropyridines is 1. The Labute approximate surface area is 241 Å². The van der Waals surface area contributed by atoms with E-state index in [4.69, 9.17) is 27.6 Å². The van der Waals surface area contributed by atoms with Crippen LogP contribution >= 0.6 is 35.0 Å². The first-order chi connectivity index (χ1) is 19.0. The van der Waals surface area contributed by atoms with Crippen LogP contribution in [0, 0.1) is 11.3 Å². The third-order valence-corrected chi connectivity index (χ3v) is 7.29. The number of thioether (sulfide) groups is 1. The maximum atomic E-state index is 13.4. The van der Waals surface area contributed by atoms with E-state index in [0.717, 1.165) is 23.9 Å². The molecule has 0 spiro atoms. The third kappa shape index (κ3) is 6.65. The number of nitrogens with one attached hydrogen (secondary N) is 3. The van der Waals surface area contributed by atoms with E-state index in [2.05, 4.69) is 22.0 Å². The number of anilines is 2. The average Bonchev–Trinajstić information content (AvgIpc) is 3.43. The lowest BCUT2D eigenvalue weighted by molar-refractivity contribution is -0.137. The fourth-order valence-corrected chi connectivity index (χ4v) is 5.30. The van der Waals surface area contributed by atoms with Crippen LogP contribution in [-0.2, 0) is 15.8 Å². The molecular weight excluding hydrogens is 588 g/mol. The van der Waals surface area contributed by atoms with Crippen LogP contribution in [0.15, 0.2) is 87.1 Å². The van der Waals surface area contributed by atoms with Crippen molar-refractivity contribution in [3.63, 3.8) is 0 Å². The molecule has 2 amide bonds. The van der Waals surface area contributed by atoms with E-state index >= 15 is 0 Å². The zero-order valence-electron chi connectivity index (χ0n) is 20.5. The standard InChI is InChI=1S/C27H19Cl2F3N4O3S/c1-14-23(25(38)36-20-8-7-16(28)11-19(20)29)24(21-6-3-9-39-21)18(12-33)26(34-14)40-13-22(37)35-17-5-2-4-15(10-17)27(30,31)32/h2-11,24,34H,13H2,1H3,(H,35,37)(H,36,38). The van der Waals surface area contributed by atoms with Gasteiger partial charge in [-0.05, 0) is 55.5 Å². The second kappa shape index (κ2) is 12.1. The summed E-state index contributed by atoms with van der Waals surface area (Å²) >= 11 is 13.1. The van der Waals surface area contributed by atoms with Gasteiger partial charge in [0, 0.05) is 16.4 Å². The van der Waals surface area contributed by atoms with Gasteiger partial charge in [-0.15, -0.1) is 0 Å². The predicted octanol–water partition coefficient (Wildman–Crippen LogP) is 7.31. The first-order valence-electron chi connectivity index (χ1n) is 11.5. The first kappa shape index (κ1) is 29.1. The Balaban J connectivity index is 1.57. The number of amides is 2. The number of carbonyl (C=O) groups is 2. The van der Waals surface area contributed by atoms with Gasteiger partial charge in [-0.25, -0.2) is 0 Å². The molecule has 40 heavy (non-hydrogen) atoms. The van der Waals surface area contributed by atoms with Gasteiger partial charge in [0.15, 0.2) is 0 Å². The smallest absolute Gasteiger partial charge is 0.416 e. The minimum absolute atomic E-state index is 0.0177. The topological polar surface area (TPSA) is 107 Å². The molecule has 1 aromatic heterocycles. The summed E-state index contributed by atoms with van der Waals surface area (Å²) in [5.41, 5.74) is 0.0947. The Hall–Kier alpha value is -3.85. The number of alkyl halides is 3. The Kier molecular flexibility index (Phi) is 8.83. The number of nitriles is 1. The Bertz CT molecular complexity index is 1560. The highest BCUT2D eigenvalue weighted by atomic mass is 35.5. The number of hydrogen-bond acceptors (Lipinski definition) is 6. The Morgan fingerprint density at radius 1 is 1.12 bits per heavy atom. The molecule has 0 saturated carbocycles. The number of carbonyl (C=O) groups excluding carboxylic acids is 2. The van der Waals surface area contributed by atoms with Crippen molar-refractivity contribution in [1.82, 2.24) is 5.32 Å². The first-order valence-corrected chi connectivity index (χ1v) is 13.2. The predicted molar refractivity (Wildman–Crippen MR) is 148 cm³/mol. The van der Waals surface area contributed by atoms with E-state index in [0.29, 0.717) is 27.2 Å². The molecule has 1 unspecified atom stereocenters. The molecule has 206 valence electrons. The molecule has 2 aromatic carbocycles. The molecule has 0 fully saturated rings. The maximum Gasteiger partial charge on any atom is 0.416 e. The highest BCUT2D eigenvalue weighted by molar-refractivity contribution is 8.03. The summed E-state index contributed by atoms with van der Waals surface area (Å²) in [5.74, 6) is -1.97. The van der Waals surface area contributed by atoms with Crippen molar-refractivity contribution in [3.05, 3.63) is 104 Å². The molecule has 1 aliphatic rings. The van der Waals surface area contributed by atoms with Gasteiger partial charge in [0.05, 0.1) is 56.5 Å². The molecule has 13 heteroatoms. The van der Waals surface area contributed by atoms with Gasteiger partial charge < -0.3 is 20.4 Å². The number of nitrogens with zero attached hydrogens (tertiary/aromatic N) is 1. The van der Waals surface area contributed by atoms with Crippen LogP contribution in [0.25, 0.3) is 0 Å². The van der Waals surface area contributed by atoms with Crippen molar-refractivity contribution in [3.8, 4) is 6.07 Å². The van der Waals surface area contributed by atoms with Gasteiger partial charge in [0.2, 0.25) is 5.91 Å². The third-order valence-electron chi connectivity index (χ3n) is 5.72. The van der Waals surface area contributed by atoms with E-state index < -0.39 is 29.5 Å². The van der Waals surface area contributed by atoms with Crippen LogP contribution in [0.2, 0.25) is 10.0 Å². The lowest BCUT2D eigenvalue weighted by Crippen LogP contribution is -2.31. The van der Waals surface area contributed by atoms with Crippen LogP contribution in [-0.4, -0.2) is 17.6 Å². The number of hydrogen-bond donors (Lipinski definition) is 3. The Morgan fingerprint density at radius 2 is 1.90 bits per heavy atom. The summed E-state index contributed by atoms with van der Waals surface area (Å²) in [4.78, 5) is 26.0. The van der Waals surface area contributed by atoms with Gasteiger partial charge in [0.25, 0.3) is 5.91 Å². The maximum absolute atomic E-state index is 13.4. The Morgan fingerprint density at radius 3 is 2.55 bits per heavy atom. The summed E-state index contributed by atoms with van der Waals surface area (Å²) < 4.78 is 44.6. The monoisotopic (exact) mass is 606 g/mol. The fraction of sp³-hybridized carbons (Fsp3) is 0.148. The van der Waals surface area contributed by atoms with Crippen molar-refractivity contribution in [2.75, 3.05) is 16.4 Å². The molecule has 3 N–H and O–H groups in total. The largest absolute Gasteiger partial charge is 0.468 e. The normalized spacial score (nSPS) is 15.4. The lowest BCUT2D eigenvalue weighted by Gasteiger charge is -2.28. The zero-order valence-corrected chi connectivity index (χ0v) is 22.9. The van der Waals surface area contributed by atoms with Gasteiger partial charge in [-0.2, -0.15) is 18.4 Å². The summed E-state index contributed by atoms with van der Waals surface area (Å²) in [7, 11) is 0. The van der Waals surface area contributed by atoms with Crippen LogP contribution in [0.3, 0.4) is 0 Å². The number of halogens is 5. The molecule has 1 aliphatic heterocycles. The van der Waals surface area contributed by atoms with Crippen molar-refractivity contribution in [2.45, 2.75) is 19.0 Å². The van der Waals surface area contributed by atoms with Crippen LogP contribution in [0.5, 0.6) is 0 Å². The van der Waals surface area contributed by atoms with Gasteiger partial charge in [0.1, 0.15) is 5.76 Å². The lowest BCUT2D eigenvalue weighted by atomic mass is 9.85. The zero-order chi connectivity index (χ0) is 29.0. The summed E-state index contributed by atoms with van der Waals surface area (Å²) in [6, 6.07) is 14.2. The average molecular weight is 607 g/mol. The quantitative estimate of drug-likeness (QED) is 0.260. The van der Waals surface area contributed by atoms with Gasteiger partial charge in [-0.1, -0.05) is 41.0 Å². The van der Waals surface area contributed by atoms with Crippen LogP contribution in [0.4, 0.5) is 24.5 Å². The molecule has 4 rings (SSSR count). The fourth-order valence-electron chi connectivity index (χ4n) is 3.96. The van der Waals surface area contributed by atoms with Gasteiger partial charge >= 0.3 is 6.18 Å². The highest BCUT2D eigenvalue weighted by Gasteiger charge is 2.37. The highest BCUT2D eigenvalue weighted by Crippen LogP contribution is 2.41. The van der Waals surface area contributed by atoms with Crippen molar-refractivity contribution < 1.29 is 27.2 Å². The summed E-state index contributed by atoms with van der Waals surface area (Å²) in [6.07, 6.45) is -3.15. The summed E-state index contributed by atoms with van der Waals surface area (Å²) in [6.45, 7) is 1.63. The van der Waals surface area contributed by atoms with Crippen molar-refractivity contribution >= 4 is 58.2 Å². The van der Waals surface area contributed by atoms with E-state index in [9.17, 15) is 28.0 Å². The summed E-state index contributed by atoms with van der Waals surface area (Å²) in [5, 5.41) is 19.2. The molecule has 0 saturated heterocycles. The molecular formula is C27H19Cl2F3N4O3S. The van der Waals surface area contributed by atoms with Gasteiger partial charge in [-0.3, -0.25) is 9.59 Å². The van der Waals surface area contributed by atoms with Crippen LogP contribution in [0.1, 0.15) is 24.2 Å². The molecule has 3 aromatic rings. The van der Waals surface area contributed by atoms with Crippen molar-refractivity contribution in [2.24, 2.45) is 0 Å². The second-order valence-electron chi connectivity index (χ2n) is 8.46. The number of benzene rings is 2. The minimum Gasteiger partial charge on any atom is -0.468 e. The van der Waals surface area contributed by atoms with E-state index in [1.165, 1.54) is 24.5 Å². The van der Waals surface area contributed by atoms with Crippen LogP contribution < -0.4 is 16.0 Å².